The highest BCUT2D eigenvalue weighted by Crippen LogP contribution is 2.31. The average Bonchev–Trinajstić information content (AvgIpc) is 2.72. The lowest BCUT2D eigenvalue weighted by molar-refractivity contribution is 0.356. The number of ether oxygens (including phenoxy) is 1. The Morgan fingerprint density at radius 1 is 1.38 bits per heavy atom. The topological polar surface area (TPSA) is 21.3 Å². The van der Waals surface area contributed by atoms with E-state index in [0.29, 0.717) is 11.8 Å². The molecule has 1 heterocycles. The van der Waals surface area contributed by atoms with E-state index in [1.165, 1.54) is 11.1 Å². The van der Waals surface area contributed by atoms with Crippen molar-refractivity contribution in [1.29, 1.82) is 0 Å². The van der Waals surface area contributed by atoms with Gasteiger partial charge < -0.3 is 10.1 Å². The first-order valence-corrected chi connectivity index (χ1v) is 6.12. The highest BCUT2D eigenvalue weighted by Gasteiger charge is 2.18. The summed E-state index contributed by atoms with van der Waals surface area (Å²) in [5.41, 5.74) is 2.81. The van der Waals surface area contributed by atoms with E-state index in [1.807, 2.05) is 7.05 Å². The summed E-state index contributed by atoms with van der Waals surface area (Å²) in [5.74, 6) is 2.33. The number of hydrogen-bond acceptors (Lipinski definition) is 2. The normalized spacial score (nSPS) is 16.0. The fraction of sp³-hybridized carbons (Fsp3) is 0.571. The third-order valence-electron chi connectivity index (χ3n) is 3.37. The van der Waals surface area contributed by atoms with Crippen LogP contribution in [0.25, 0.3) is 0 Å². The molecule has 1 aromatic carbocycles. The Bertz CT molecular complexity index is 360. The SMILES string of the molecule is CNCC(c1ccc2c(c1)CCO2)C(C)C. The lowest BCUT2D eigenvalue weighted by Crippen LogP contribution is -2.21. The van der Waals surface area contributed by atoms with Crippen LogP contribution in [0.4, 0.5) is 0 Å². The number of likely N-dealkylation sites (N-methyl/N-ethyl adjacent to an activating group) is 1. The molecule has 0 radical (unpaired) electrons. The molecule has 0 saturated carbocycles. The van der Waals surface area contributed by atoms with Crippen LogP contribution in [0.15, 0.2) is 18.2 Å². The predicted octanol–water partition coefficient (Wildman–Crippen LogP) is 2.58. The molecule has 1 aromatic rings. The first kappa shape index (κ1) is 11.5. The summed E-state index contributed by atoms with van der Waals surface area (Å²) in [5, 5.41) is 3.28. The number of nitrogens with one attached hydrogen (secondary N) is 1. The molecular weight excluding hydrogens is 198 g/mol. The second-order valence-electron chi connectivity index (χ2n) is 4.87. The molecule has 1 atom stereocenters. The fourth-order valence-electron chi connectivity index (χ4n) is 2.40. The van der Waals surface area contributed by atoms with Crippen molar-refractivity contribution >= 4 is 0 Å². The third kappa shape index (κ3) is 2.22. The largest absolute Gasteiger partial charge is 0.493 e. The molecule has 0 amide bonds. The maximum Gasteiger partial charge on any atom is 0.122 e. The molecule has 0 spiro atoms. The second-order valence-corrected chi connectivity index (χ2v) is 4.87. The molecule has 0 aromatic heterocycles. The van der Waals surface area contributed by atoms with E-state index in [1.54, 1.807) is 0 Å². The third-order valence-corrected chi connectivity index (χ3v) is 3.37. The van der Waals surface area contributed by atoms with Gasteiger partial charge in [0.1, 0.15) is 5.75 Å². The summed E-state index contributed by atoms with van der Waals surface area (Å²) in [6, 6.07) is 6.67. The minimum Gasteiger partial charge on any atom is -0.493 e. The van der Waals surface area contributed by atoms with Crippen molar-refractivity contribution in [2.24, 2.45) is 5.92 Å². The van der Waals surface area contributed by atoms with Crippen molar-refractivity contribution in [3.05, 3.63) is 29.3 Å². The first-order chi connectivity index (χ1) is 7.72. The monoisotopic (exact) mass is 219 g/mol. The molecule has 1 aliphatic rings. The van der Waals surface area contributed by atoms with Gasteiger partial charge in [-0.05, 0) is 36.1 Å². The van der Waals surface area contributed by atoms with Gasteiger partial charge in [0.2, 0.25) is 0 Å². The van der Waals surface area contributed by atoms with Crippen LogP contribution in [-0.2, 0) is 6.42 Å². The van der Waals surface area contributed by atoms with E-state index in [2.05, 4.69) is 37.4 Å². The Morgan fingerprint density at radius 3 is 2.88 bits per heavy atom. The second kappa shape index (κ2) is 4.88. The van der Waals surface area contributed by atoms with Crippen LogP contribution in [0.2, 0.25) is 0 Å². The molecular formula is C14H21NO. The highest BCUT2D eigenvalue weighted by atomic mass is 16.5. The summed E-state index contributed by atoms with van der Waals surface area (Å²) in [6.45, 7) is 6.45. The minimum absolute atomic E-state index is 0.593. The Kier molecular flexibility index (Phi) is 3.49. The van der Waals surface area contributed by atoms with Crippen LogP contribution in [0, 0.1) is 5.92 Å². The van der Waals surface area contributed by atoms with Crippen LogP contribution < -0.4 is 10.1 Å². The van der Waals surface area contributed by atoms with Crippen molar-refractivity contribution in [3.63, 3.8) is 0 Å². The molecule has 2 nitrogen and oxygen atoms in total. The maximum absolute atomic E-state index is 5.54. The molecule has 16 heavy (non-hydrogen) atoms. The van der Waals surface area contributed by atoms with Gasteiger partial charge in [0.15, 0.2) is 0 Å². The van der Waals surface area contributed by atoms with Crippen LogP contribution in [0.3, 0.4) is 0 Å². The Labute approximate surface area is 98.0 Å². The fourth-order valence-corrected chi connectivity index (χ4v) is 2.40. The summed E-state index contributed by atoms with van der Waals surface area (Å²) >= 11 is 0. The van der Waals surface area contributed by atoms with Gasteiger partial charge in [-0.1, -0.05) is 26.0 Å². The molecule has 0 saturated heterocycles. The van der Waals surface area contributed by atoms with Gasteiger partial charge in [-0.25, -0.2) is 0 Å². The molecule has 0 aliphatic carbocycles. The van der Waals surface area contributed by atoms with Crippen molar-refractivity contribution in [3.8, 4) is 5.75 Å². The number of benzene rings is 1. The lowest BCUT2D eigenvalue weighted by Gasteiger charge is -2.21. The van der Waals surface area contributed by atoms with Gasteiger partial charge in [0.05, 0.1) is 6.61 Å². The summed E-state index contributed by atoms with van der Waals surface area (Å²) in [6.07, 6.45) is 1.06. The van der Waals surface area contributed by atoms with Crippen LogP contribution in [0.1, 0.15) is 30.9 Å². The van der Waals surface area contributed by atoms with Gasteiger partial charge in [0.25, 0.3) is 0 Å². The molecule has 88 valence electrons. The van der Waals surface area contributed by atoms with E-state index in [0.717, 1.165) is 25.3 Å². The standard InChI is InChI=1S/C14H21NO/c1-10(2)13(9-15-3)11-4-5-14-12(8-11)6-7-16-14/h4-5,8,10,13,15H,6-7,9H2,1-3H3. The summed E-state index contributed by atoms with van der Waals surface area (Å²) < 4.78 is 5.54. The van der Waals surface area contributed by atoms with Gasteiger partial charge in [-0.2, -0.15) is 0 Å². The molecule has 0 fully saturated rings. The Balaban J connectivity index is 2.24. The molecule has 1 unspecified atom stereocenters. The molecule has 1 aliphatic heterocycles. The van der Waals surface area contributed by atoms with Gasteiger partial charge in [-0.3, -0.25) is 0 Å². The van der Waals surface area contributed by atoms with E-state index in [9.17, 15) is 0 Å². The smallest absolute Gasteiger partial charge is 0.122 e. The van der Waals surface area contributed by atoms with Crippen LogP contribution >= 0.6 is 0 Å². The van der Waals surface area contributed by atoms with Crippen molar-refractivity contribution in [2.75, 3.05) is 20.2 Å². The Hall–Kier alpha value is -1.02. The number of fused-ring (bicyclic) bond motifs is 1. The molecule has 0 bridgehead atoms. The van der Waals surface area contributed by atoms with E-state index >= 15 is 0 Å². The van der Waals surface area contributed by atoms with Crippen molar-refractivity contribution < 1.29 is 4.74 Å². The number of hydrogen-bond donors (Lipinski definition) is 1. The summed E-state index contributed by atoms with van der Waals surface area (Å²) in [4.78, 5) is 0. The van der Waals surface area contributed by atoms with E-state index in [-0.39, 0.29) is 0 Å². The van der Waals surface area contributed by atoms with Gasteiger partial charge in [-0.15, -0.1) is 0 Å². The zero-order chi connectivity index (χ0) is 11.5. The van der Waals surface area contributed by atoms with Crippen molar-refractivity contribution in [2.45, 2.75) is 26.2 Å². The minimum atomic E-state index is 0.593. The zero-order valence-electron chi connectivity index (χ0n) is 10.4. The highest BCUT2D eigenvalue weighted by molar-refractivity contribution is 5.41. The zero-order valence-corrected chi connectivity index (χ0v) is 10.4. The van der Waals surface area contributed by atoms with Crippen LogP contribution in [0.5, 0.6) is 5.75 Å². The van der Waals surface area contributed by atoms with Crippen molar-refractivity contribution in [1.82, 2.24) is 5.32 Å². The average molecular weight is 219 g/mol. The molecule has 2 rings (SSSR count). The number of rotatable bonds is 4. The molecule has 1 N–H and O–H groups in total. The quantitative estimate of drug-likeness (QED) is 0.840. The lowest BCUT2D eigenvalue weighted by atomic mass is 9.87. The van der Waals surface area contributed by atoms with Gasteiger partial charge in [0, 0.05) is 13.0 Å². The van der Waals surface area contributed by atoms with E-state index in [4.69, 9.17) is 4.74 Å². The molecule has 2 heteroatoms. The maximum atomic E-state index is 5.54. The predicted molar refractivity (Wildman–Crippen MR) is 67.1 cm³/mol. The first-order valence-electron chi connectivity index (χ1n) is 6.12. The van der Waals surface area contributed by atoms with Gasteiger partial charge >= 0.3 is 0 Å². The van der Waals surface area contributed by atoms with Crippen LogP contribution in [-0.4, -0.2) is 20.2 Å². The van der Waals surface area contributed by atoms with E-state index < -0.39 is 0 Å². The Morgan fingerprint density at radius 2 is 2.19 bits per heavy atom. The summed E-state index contributed by atoms with van der Waals surface area (Å²) in [7, 11) is 2.02.